The molecule has 0 spiro atoms. The fraction of sp³-hybridized carbons (Fsp3) is 0.136. The van der Waals surface area contributed by atoms with Gasteiger partial charge in [0.25, 0.3) is 10.0 Å². The number of fused-ring (bicyclic) bond motifs is 1. The number of rotatable bonds is 7. The molecular formula is C22H20N4O5S. The summed E-state index contributed by atoms with van der Waals surface area (Å²) in [5, 5.41) is 4.46. The van der Waals surface area contributed by atoms with Crippen molar-refractivity contribution in [2.24, 2.45) is 5.84 Å². The maximum Gasteiger partial charge on any atom is 0.255 e. The largest absolute Gasteiger partial charge is 0.489 e. The predicted octanol–water partition coefficient (Wildman–Crippen LogP) is 2.80. The van der Waals surface area contributed by atoms with E-state index in [9.17, 15) is 13.2 Å². The van der Waals surface area contributed by atoms with Crippen molar-refractivity contribution in [2.45, 2.75) is 25.3 Å². The van der Waals surface area contributed by atoms with Gasteiger partial charge in [0.1, 0.15) is 28.7 Å². The van der Waals surface area contributed by atoms with Gasteiger partial charge in [-0.1, -0.05) is 35.5 Å². The summed E-state index contributed by atoms with van der Waals surface area (Å²) in [6, 6.07) is 14.5. The highest BCUT2D eigenvalue weighted by Crippen LogP contribution is 2.24. The summed E-state index contributed by atoms with van der Waals surface area (Å²) >= 11 is 0. The standard InChI is InChI=1S/C22H20N4O5S/c1-13-18(14(2)31-25-13)12-30-17-7-3-6-16(11-17)22(27)19-10-9-15-5-4-8-20(21(15)24-19)32(28,29)26-23/h3-11,26H,12,23H2,1-2H3. The smallest absolute Gasteiger partial charge is 0.255 e. The van der Waals surface area contributed by atoms with Gasteiger partial charge in [-0.25, -0.2) is 13.4 Å². The fourth-order valence-corrected chi connectivity index (χ4v) is 4.07. The second-order valence-corrected chi connectivity index (χ2v) is 8.78. The zero-order valence-corrected chi connectivity index (χ0v) is 18.1. The molecule has 0 unspecified atom stereocenters. The highest BCUT2D eigenvalue weighted by molar-refractivity contribution is 7.89. The van der Waals surface area contributed by atoms with Crippen LogP contribution in [0.4, 0.5) is 0 Å². The number of aromatic nitrogens is 2. The van der Waals surface area contributed by atoms with Crippen LogP contribution in [0.1, 0.15) is 33.1 Å². The molecule has 3 N–H and O–H groups in total. The van der Waals surface area contributed by atoms with Crippen LogP contribution in [-0.2, 0) is 16.6 Å². The number of benzene rings is 2. The minimum absolute atomic E-state index is 0.0973. The van der Waals surface area contributed by atoms with Gasteiger partial charge in [-0.3, -0.25) is 10.6 Å². The van der Waals surface area contributed by atoms with Gasteiger partial charge < -0.3 is 9.26 Å². The maximum atomic E-state index is 13.1. The van der Waals surface area contributed by atoms with Crippen molar-refractivity contribution >= 4 is 26.7 Å². The Bertz CT molecular complexity index is 1410. The van der Waals surface area contributed by atoms with Crippen molar-refractivity contribution in [1.29, 1.82) is 0 Å². The van der Waals surface area contributed by atoms with Crippen molar-refractivity contribution in [3.05, 3.63) is 82.9 Å². The monoisotopic (exact) mass is 452 g/mol. The quantitative estimate of drug-likeness (QED) is 0.248. The minimum atomic E-state index is -3.95. The molecule has 0 saturated carbocycles. The molecule has 2 aromatic carbocycles. The van der Waals surface area contributed by atoms with E-state index in [1.165, 1.54) is 6.07 Å². The lowest BCUT2D eigenvalue weighted by molar-refractivity contribution is 0.103. The molecule has 32 heavy (non-hydrogen) atoms. The lowest BCUT2D eigenvalue weighted by atomic mass is 10.1. The number of carbonyl (C=O) groups is 1. The highest BCUT2D eigenvalue weighted by Gasteiger charge is 2.19. The normalized spacial score (nSPS) is 11.6. The molecule has 0 saturated heterocycles. The van der Waals surface area contributed by atoms with Gasteiger partial charge in [0.2, 0.25) is 5.78 Å². The Hall–Kier alpha value is -3.60. The average Bonchev–Trinajstić information content (AvgIpc) is 3.13. The molecule has 0 bridgehead atoms. The van der Waals surface area contributed by atoms with Gasteiger partial charge in [0, 0.05) is 10.9 Å². The summed E-state index contributed by atoms with van der Waals surface area (Å²) in [6.45, 7) is 3.88. The third-order valence-electron chi connectivity index (χ3n) is 5.02. The SMILES string of the molecule is Cc1noc(C)c1COc1cccc(C(=O)c2ccc3cccc(S(=O)(=O)NN)c3n2)c1. The van der Waals surface area contributed by atoms with Crippen LogP contribution in [0.5, 0.6) is 5.75 Å². The number of nitrogens with zero attached hydrogens (tertiary/aromatic N) is 2. The second kappa shape index (κ2) is 8.50. The van der Waals surface area contributed by atoms with E-state index in [4.69, 9.17) is 15.1 Å². The van der Waals surface area contributed by atoms with Crippen LogP contribution in [0.2, 0.25) is 0 Å². The van der Waals surface area contributed by atoms with Crippen LogP contribution in [-0.4, -0.2) is 24.3 Å². The van der Waals surface area contributed by atoms with Crippen molar-refractivity contribution in [3.8, 4) is 5.75 Å². The van der Waals surface area contributed by atoms with Gasteiger partial charge in [0.05, 0.1) is 16.8 Å². The van der Waals surface area contributed by atoms with Gasteiger partial charge in [-0.15, -0.1) is 4.83 Å². The van der Waals surface area contributed by atoms with Crippen LogP contribution < -0.4 is 15.4 Å². The first-order valence-electron chi connectivity index (χ1n) is 9.61. The number of ketones is 1. The maximum absolute atomic E-state index is 13.1. The third kappa shape index (κ3) is 4.11. The number of sulfonamides is 1. The first kappa shape index (κ1) is 21.6. The molecule has 0 aliphatic carbocycles. The molecule has 0 aliphatic rings. The number of hydrogen-bond acceptors (Lipinski definition) is 8. The van der Waals surface area contributed by atoms with E-state index in [1.807, 2.05) is 6.92 Å². The summed E-state index contributed by atoms with van der Waals surface area (Å²) in [5.74, 6) is 5.95. The van der Waals surface area contributed by atoms with E-state index < -0.39 is 10.0 Å². The predicted molar refractivity (Wildman–Crippen MR) is 116 cm³/mol. The van der Waals surface area contributed by atoms with Crippen LogP contribution in [0.25, 0.3) is 10.9 Å². The van der Waals surface area contributed by atoms with Crippen LogP contribution >= 0.6 is 0 Å². The number of hydrazine groups is 1. The Kier molecular flexibility index (Phi) is 5.74. The molecule has 0 amide bonds. The molecule has 0 aliphatic heterocycles. The number of ether oxygens (including phenoxy) is 1. The molecule has 4 rings (SSSR count). The van der Waals surface area contributed by atoms with E-state index in [0.29, 0.717) is 22.5 Å². The number of aryl methyl sites for hydroxylation is 2. The van der Waals surface area contributed by atoms with Crippen LogP contribution in [0, 0.1) is 13.8 Å². The van der Waals surface area contributed by atoms with E-state index in [2.05, 4.69) is 10.1 Å². The number of nitrogens with one attached hydrogen (secondary N) is 1. The number of carbonyl (C=O) groups excluding carboxylic acids is 1. The summed E-state index contributed by atoms with van der Waals surface area (Å²) in [7, 11) is -3.95. The van der Waals surface area contributed by atoms with Gasteiger partial charge in [-0.05, 0) is 38.1 Å². The minimum Gasteiger partial charge on any atom is -0.489 e. The number of nitrogens with two attached hydrogens (primary N) is 1. The van der Waals surface area contributed by atoms with E-state index in [1.54, 1.807) is 60.3 Å². The second-order valence-electron chi connectivity index (χ2n) is 7.09. The molecule has 0 fully saturated rings. The zero-order chi connectivity index (χ0) is 22.9. The van der Waals surface area contributed by atoms with Crippen molar-refractivity contribution in [1.82, 2.24) is 15.0 Å². The van der Waals surface area contributed by atoms with Crippen molar-refractivity contribution in [3.63, 3.8) is 0 Å². The third-order valence-corrected chi connectivity index (χ3v) is 6.24. The van der Waals surface area contributed by atoms with Gasteiger partial charge >= 0.3 is 0 Å². The lowest BCUT2D eigenvalue weighted by Crippen LogP contribution is -2.30. The Morgan fingerprint density at radius 1 is 1.12 bits per heavy atom. The lowest BCUT2D eigenvalue weighted by Gasteiger charge is -2.09. The average molecular weight is 452 g/mol. The first-order chi connectivity index (χ1) is 15.3. The van der Waals surface area contributed by atoms with E-state index in [-0.39, 0.29) is 28.5 Å². The van der Waals surface area contributed by atoms with Crippen molar-refractivity contribution < 1.29 is 22.5 Å². The summed E-state index contributed by atoms with van der Waals surface area (Å²) in [5.41, 5.74) is 2.19. The first-order valence-corrected chi connectivity index (χ1v) is 11.1. The molecule has 4 aromatic rings. The number of para-hydroxylation sites is 1. The van der Waals surface area contributed by atoms with Gasteiger partial charge in [0.15, 0.2) is 0 Å². The molecule has 0 radical (unpaired) electrons. The summed E-state index contributed by atoms with van der Waals surface area (Å²) in [4.78, 5) is 19.1. The van der Waals surface area contributed by atoms with Crippen molar-refractivity contribution in [2.75, 3.05) is 0 Å². The van der Waals surface area contributed by atoms with E-state index >= 15 is 0 Å². The molecule has 0 atom stereocenters. The summed E-state index contributed by atoms with van der Waals surface area (Å²) in [6.07, 6.45) is 0. The molecule has 2 aromatic heterocycles. The number of hydrogen-bond donors (Lipinski definition) is 2. The van der Waals surface area contributed by atoms with Crippen LogP contribution in [0.15, 0.2) is 64.0 Å². The molecular weight excluding hydrogens is 432 g/mol. The topological polar surface area (TPSA) is 137 Å². The Morgan fingerprint density at radius 3 is 2.62 bits per heavy atom. The van der Waals surface area contributed by atoms with E-state index in [0.717, 1.165) is 11.3 Å². The molecule has 10 heteroatoms. The molecule has 164 valence electrons. The fourth-order valence-electron chi connectivity index (χ4n) is 3.27. The zero-order valence-electron chi connectivity index (χ0n) is 17.3. The summed E-state index contributed by atoms with van der Waals surface area (Å²) < 4.78 is 35.4. The molecule has 9 nitrogen and oxygen atoms in total. The van der Waals surface area contributed by atoms with Crippen LogP contribution in [0.3, 0.4) is 0 Å². The Labute approximate surface area is 184 Å². The van der Waals surface area contributed by atoms with Gasteiger partial charge in [-0.2, -0.15) is 0 Å². The molecule has 2 heterocycles. The Morgan fingerprint density at radius 2 is 1.91 bits per heavy atom. The highest BCUT2D eigenvalue weighted by atomic mass is 32.2. The number of pyridine rings is 1. The Balaban J connectivity index is 1.64.